The molecule has 0 aliphatic heterocycles. The Kier molecular flexibility index (Phi) is 3.35. The average molecular weight is 221 g/mol. The molecule has 1 aromatic heterocycles. The third kappa shape index (κ3) is 2.23. The molecule has 1 rings (SSSR count). The maximum atomic E-state index is 9.92. The van der Waals surface area contributed by atoms with Crippen LogP contribution in [0.5, 0.6) is 0 Å². The lowest BCUT2D eigenvalue weighted by molar-refractivity contribution is -0.0777. The van der Waals surface area contributed by atoms with Crippen molar-refractivity contribution in [3.05, 3.63) is 21.3 Å². The minimum atomic E-state index is -0.676. The Morgan fingerprint density at radius 2 is 2.23 bits per heavy atom. The molecule has 4 heteroatoms. The summed E-state index contributed by atoms with van der Waals surface area (Å²) < 4.78 is 5.18. The lowest BCUT2D eigenvalue weighted by Crippen LogP contribution is -2.30. The quantitative estimate of drug-likeness (QED) is 0.849. The highest BCUT2D eigenvalue weighted by atomic mass is 35.5. The summed E-state index contributed by atoms with van der Waals surface area (Å²) in [5.41, 5.74) is -0.603. The molecule has 2 nitrogen and oxygen atoms in total. The first kappa shape index (κ1) is 11.0. The molecule has 0 aromatic carbocycles. The number of thiophene rings is 1. The average Bonchev–Trinajstić information content (AvgIpc) is 2.50. The molecule has 13 heavy (non-hydrogen) atoms. The van der Waals surface area contributed by atoms with Crippen LogP contribution in [0.2, 0.25) is 5.02 Å². The Balaban J connectivity index is 2.91. The largest absolute Gasteiger partial charge is 0.385 e. The van der Waals surface area contributed by atoms with Crippen LogP contribution in [0.15, 0.2) is 11.4 Å². The van der Waals surface area contributed by atoms with Gasteiger partial charge in [-0.1, -0.05) is 11.6 Å². The molecule has 0 aliphatic carbocycles. The van der Waals surface area contributed by atoms with Gasteiger partial charge in [0.05, 0.1) is 15.5 Å². The molecule has 0 amide bonds. The summed E-state index contributed by atoms with van der Waals surface area (Å²) >= 11 is 7.33. The van der Waals surface area contributed by atoms with Crippen LogP contribution in [0.1, 0.15) is 24.8 Å². The number of methoxy groups -OCH3 is 1. The molecule has 1 N–H and O–H groups in total. The highest BCUT2D eigenvalue weighted by molar-refractivity contribution is 7.10. The molecule has 1 heterocycles. The Morgan fingerprint density at radius 1 is 1.62 bits per heavy atom. The molecular formula is C9H13ClO2S. The van der Waals surface area contributed by atoms with Gasteiger partial charge in [0.2, 0.25) is 0 Å². The van der Waals surface area contributed by atoms with Crippen molar-refractivity contribution in [2.75, 3.05) is 7.11 Å². The minimum absolute atomic E-state index is 0.600. The van der Waals surface area contributed by atoms with Crippen LogP contribution < -0.4 is 0 Å². The van der Waals surface area contributed by atoms with Crippen LogP contribution in [0, 0.1) is 0 Å². The number of ether oxygens (including phenoxy) is 1. The first-order valence-corrected chi connectivity index (χ1v) is 5.21. The van der Waals surface area contributed by atoms with Crippen molar-refractivity contribution < 1.29 is 9.84 Å². The predicted molar refractivity (Wildman–Crippen MR) is 55.4 cm³/mol. The number of aliphatic hydroxyl groups excluding tert-OH is 1. The normalized spacial score (nSPS) is 14.5. The van der Waals surface area contributed by atoms with E-state index in [-0.39, 0.29) is 0 Å². The highest BCUT2D eigenvalue weighted by Gasteiger charge is 2.31. The third-order valence-electron chi connectivity index (χ3n) is 2.08. The first-order chi connectivity index (χ1) is 5.99. The van der Waals surface area contributed by atoms with Crippen LogP contribution >= 0.6 is 22.9 Å². The zero-order chi connectivity index (χ0) is 10.1. The van der Waals surface area contributed by atoms with Crippen LogP contribution in [0.3, 0.4) is 0 Å². The molecule has 0 radical (unpaired) electrons. The lowest BCUT2D eigenvalue weighted by Gasteiger charge is -2.28. The van der Waals surface area contributed by atoms with E-state index in [1.807, 2.05) is 19.2 Å². The van der Waals surface area contributed by atoms with Gasteiger partial charge >= 0.3 is 0 Å². The van der Waals surface area contributed by atoms with Gasteiger partial charge in [-0.25, -0.2) is 0 Å². The van der Waals surface area contributed by atoms with E-state index < -0.39 is 11.7 Å². The summed E-state index contributed by atoms with van der Waals surface area (Å²) in [6.45, 7) is 3.65. The predicted octanol–water partition coefficient (Wildman–Crippen LogP) is 2.86. The number of halogens is 1. The molecule has 0 spiro atoms. The molecule has 0 fully saturated rings. The highest BCUT2D eigenvalue weighted by Crippen LogP contribution is 2.36. The van der Waals surface area contributed by atoms with Crippen molar-refractivity contribution in [3.63, 3.8) is 0 Å². The van der Waals surface area contributed by atoms with Crippen molar-refractivity contribution in [1.29, 1.82) is 0 Å². The van der Waals surface area contributed by atoms with Crippen molar-refractivity contribution in [1.82, 2.24) is 0 Å². The molecular weight excluding hydrogens is 208 g/mol. The van der Waals surface area contributed by atoms with Gasteiger partial charge in [-0.2, -0.15) is 0 Å². The van der Waals surface area contributed by atoms with Crippen LogP contribution in [-0.2, 0) is 4.74 Å². The van der Waals surface area contributed by atoms with Crippen LogP contribution in [-0.4, -0.2) is 17.8 Å². The second-order valence-electron chi connectivity index (χ2n) is 3.34. The molecule has 0 saturated carbocycles. The standard InChI is InChI=1S/C9H13ClO2S/c1-9(2,12-3)8(11)7-6(10)4-5-13-7/h4-5,8,11H,1-3H3. The smallest absolute Gasteiger partial charge is 0.118 e. The SMILES string of the molecule is COC(C)(C)C(O)c1sccc1Cl. The Bertz CT molecular complexity index is 283. The zero-order valence-corrected chi connectivity index (χ0v) is 9.45. The number of hydrogen-bond acceptors (Lipinski definition) is 3. The zero-order valence-electron chi connectivity index (χ0n) is 7.87. The summed E-state index contributed by atoms with van der Waals surface area (Å²) in [5, 5.41) is 12.4. The Morgan fingerprint density at radius 3 is 2.62 bits per heavy atom. The van der Waals surface area contributed by atoms with Gasteiger partial charge in [0, 0.05) is 7.11 Å². The molecule has 0 bridgehead atoms. The van der Waals surface area contributed by atoms with Crippen LogP contribution in [0.4, 0.5) is 0 Å². The molecule has 0 aliphatic rings. The molecule has 1 aromatic rings. The fourth-order valence-electron chi connectivity index (χ4n) is 0.928. The monoisotopic (exact) mass is 220 g/mol. The van der Waals surface area contributed by atoms with E-state index in [0.717, 1.165) is 4.88 Å². The van der Waals surface area contributed by atoms with Crippen molar-refractivity contribution >= 4 is 22.9 Å². The number of aliphatic hydroxyl groups is 1. The van der Waals surface area contributed by atoms with Crippen molar-refractivity contribution in [3.8, 4) is 0 Å². The number of hydrogen-bond donors (Lipinski definition) is 1. The fraction of sp³-hybridized carbons (Fsp3) is 0.556. The summed E-state index contributed by atoms with van der Waals surface area (Å²) in [6.07, 6.45) is -0.676. The summed E-state index contributed by atoms with van der Waals surface area (Å²) in [4.78, 5) is 0.758. The lowest BCUT2D eigenvalue weighted by atomic mass is 10.0. The maximum absolute atomic E-state index is 9.92. The van der Waals surface area contributed by atoms with Crippen LogP contribution in [0.25, 0.3) is 0 Å². The Labute approximate surface area is 87.1 Å². The first-order valence-electron chi connectivity index (χ1n) is 3.95. The van der Waals surface area contributed by atoms with E-state index in [9.17, 15) is 5.11 Å². The summed E-state index contributed by atoms with van der Waals surface area (Å²) in [7, 11) is 1.57. The molecule has 1 unspecified atom stereocenters. The van der Waals surface area contributed by atoms with Gasteiger partial charge in [0.1, 0.15) is 6.10 Å². The van der Waals surface area contributed by atoms with Gasteiger partial charge in [0.25, 0.3) is 0 Å². The minimum Gasteiger partial charge on any atom is -0.385 e. The molecule has 1 atom stereocenters. The van der Waals surface area contributed by atoms with Gasteiger partial charge in [0.15, 0.2) is 0 Å². The van der Waals surface area contributed by atoms with E-state index in [1.165, 1.54) is 11.3 Å². The number of rotatable bonds is 3. The second kappa shape index (κ2) is 3.96. The summed E-state index contributed by atoms with van der Waals surface area (Å²) in [5.74, 6) is 0. The maximum Gasteiger partial charge on any atom is 0.118 e. The Hall–Kier alpha value is -0.0900. The van der Waals surface area contributed by atoms with Crippen molar-refractivity contribution in [2.45, 2.75) is 25.6 Å². The summed E-state index contributed by atoms with van der Waals surface area (Å²) in [6, 6.07) is 1.77. The van der Waals surface area contributed by atoms with Gasteiger partial charge in [-0.15, -0.1) is 11.3 Å². The van der Waals surface area contributed by atoms with Gasteiger partial charge in [-0.3, -0.25) is 0 Å². The fourth-order valence-corrected chi connectivity index (χ4v) is 2.25. The van der Waals surface area contributed by atoms with Gasteiger partial charge in [-0.05, 0) is 25.3 Å². The van der Waals surface area contributed by atoms with E-state index >= 15 is 0 Å². The molecule has 74 valence electrons. The molecule has 0 saturated heterocycles. The van der Waals surface area contributed by atoms with E-state index in [0.29, 0.717) is 5.02 Å². The topological polar surface area (TPSA) is 29.5 Å². The van der Waals surface area contributed by atoms with E-state index in [1.54, 1.807) is 13.2 Å². The third-order valence-corrected chi connectivity index (χ3v) is 3.49. The van der Waals surface area contributed by atoms with Crippen molar-refractivity contribution in [2.24, 2.45) is 0 Å². The van der Waals surface area contributed by atoms with Gasteiger partial charge < -0.3 is 9.84 Å². The van der Waals surface area contributed by atoms with E-state index in [2.05, 4.69) is 0 Å². The van der Waals surface area contributed by atoms with E-state index in [4.69, 9.17) is 16.3 Å². The second-order valence-corrected chi connectivity index (χ2v) is 4.70.